The summed E-state index contributed by atoms with van der Waals surface area (Å²) < 4.78 is 2.79. The van der Waals surface area contributed by atoms with Gasteiger partial charge in [0.25, 0.3) is 11.1 Å². The van der Waals surface area contributed by atoms with Gasteiger partial charge in [0, 0.05) is 43.0 Å². The summed E-state index contributed by atoms with van der Waals surface area (Å²) in [4.78, 5) is 25.1. The predicted octanol–water partition coefficient (Wildman–Crippen LogP) is 2.00. The van der Waals surface area contributed by atoms with Gasteiger partial charge in [0.15, 0.2) is 0 Å². The van der Waals surface area contributed by atoms with Crippen LogP contribution >= 0.6 is 0 Å². The fourth-order valence-corrected chi connectivity index (χ4v) is 3.42. The number of nitrogens with zero attached hydrogens (tertiary/aromatic N) is 2. The van der Waals surface area contributed by atoms with Crippen LogP contribution in [0.3, 0.4) is 0 Å². The van der Waals surface area contributed by atoms with E-state index in [0.717, 1.165) is 6.07 Å². The second-order valence-electron chi connectivity index (χ2n) is 6.90. The number of benzene rings is 1. The maximum atomic E-state index is 13.0. The molecule has 2 aromatic heterocycles. The Morgan fingerprint density at radius 1 is 0.821 bits per heavy atom. The summed E-state index contributed by atoms with van der Waals surface area (Å²) in [6, 6.07) is 8.73. The first-order valence-corrected chi connectivity index (χ1v) is 8.71. The Hall–Kier alpha value is -3.48. The van der Waals surface area contributed by atoms with Gasteiger partial charge in [-0.05, 0) is 37.6 Å². The lowest BCUT2D eigenvalue weighted by atomic mass is 9.83. The van der Waals surface area contributed by atoms with Crippen molar-refractivity contribution in [2.24, 2.45) is 14.1 Å². The number of aryl methyl sites for hydroxylation is 1. The molecule has 28 heavy (non-hydrogen) atoms. The third kappa shape index (κ3) is 3.05. The highest BCUT2D eigenvalue weighted by Crippen LogP contribution is 2.40. The van der Waals surface area contributed by atoms with E-state index in [4.69, 9.17) is 0 Å². The lowest BCUT2D eigenvalue weighted by Gasteiger charge is -2.24. The number of aromatic nitrogens is 2. The van der Waals surface area contributed by atoms with Crippen LogP contribution in [-0.2, 0) is 14.1 Å². The zero-order valence-corrected chi connectivity index (χ0v) is 16.1. The lowest BCUT2D eigenvalue weighted by molar-refractivity contribution is 0.451. The number of aromatic hydroxyl groups is 3. The molecule has 3 aromatic rings. The smallest absolute Gasteiger partial charge is 0.258 e. The zero-order chi connectivity index (χ0) is 20.7. The fourth-order valence-electron chi connectivity index (χ4n) is 3.42. The molecule has 0 saturated heterocycles. The van der Waals surface area contributed by atoms with Crippen molar-refractivity contribution >= 4 is 0 Å². The minimum Gasteiger partial charge on any atom is -0.508 e. The molecule has 7 nitrogen and oxygen atoms in total. The topological polar surface area (TPSA) is 105 Å². The molecule has 146 valence electrons. The average molecular weight is 382 g/mol. The molecule has 0 aliphatic rings. The molecule has 0 amide bonds. The van der Waals surface area contributed by atoms with Gasteiger partial charge < -0.3 is 24.5 Å². The normalized spacial score (nSPS) is 12.1. The Morgan fingerprint density at radius 2 is 1.39 bits per heavy atom. The summed E-state index contributed by atoms with van der Waals surface area (Å²) in [5.74, 6) is -1.26. The summed E-state index contributed by atoms with van der Waals surface area (Å²) in [5.41, 5.74) is 1.24. The van der Waals surface area contributed by atoms with E-state index in [0.29, 0.717) is 22.5 Å². The number of pyridine rings is 2. The van der Waals surface area contributed by atoms with Gasteiger partial charge in [-0.3, -0.25) is 9.59 Å². The van der Waals surface area contributed by atoms with Crippen molar-refractivity contribution in [2.45, 2.75) is 19.8 Å². The van der Waals surface area contributed by atoms with Crippen LogP contribution in [0.4, 0.5) is 0 Å². The van der Waals surface area contributed by atoms with E-state index in [9.17, 15) is 24.9 Å². The van der Waals surface area contributed by atoms with E-state index in [1.165, 1.54) is 27.3 Å². The Labute approximate surface area is 161 Å². The van der Waals surface area contributed by atoms with Crippen LogP contribution in [-0.4, -0.2) is 24.5 Å². The molecule has 0 bridgehead atoms. The molecule has 3 rings (SSSR count). The maximum Gasteiger partial charge on any atom is 0.258 e. The number of hydrogen-bond donors (Lipinski definition) is 3. The van der Waals surface area contributed by atoms with E-state index in [1.54, 1.807) is 40.1 Å². The second kappa shape index (κ2) is 6.92. The van der Waals surface area contributed by atoms with Crippen molar-refractivity contribution in [1.82, 2.24) is 9.13 Å². The Bertz CT molecular complexity index is 1170. The van der Waals surface area contributed by atoms with Crippen LogP contribution in [0.1, 0.15) is 34.0 Å². The van der Waals surface area contributed by atoms with Crippen molar-refractivity contribution in [1.29, 1.82) is 0 Å². The van der Waals surface area contributed by atoms with Gasteiger partial charge in [0.05, 0.1) is 5.56 Å². The molecular formula is C21H22N2O5. The van der Waals surface area contributed by atoms with Crippen molar-refractivity contribution < 1.29 is 15.3 Å². The van der Waals surface area contributed by atoms with Crippen LogP contribution in [0.25, 0.3) is 0 Å². The number of phenols is 1. The predicted molar refractivity (Wildman–Crippen MR) is 105 cm³/mol. The van der Waals surface area contributed by atoms with E-state index in [1.807, 2.05) is 0 Å². The van der Waals surface area contributed by atoms with Crippen LogP contribution in [0.15, 0.2) is 46.0 Å². The van der Waals surface area contributed by atoms with Gasteiger partial charge in [-0.15, -0.1) is 0 Å². The zero-order valence-electron chi connectivity index (χ0n) is 16.1. The summed E-state index contributed by atoms with van der Waals surface area (Å²) in [5, 5.41) is 30.9. The molecule has 0 saturated carbocycles. The number of phenolic OH excluding ortho intramolecular Hbond substituents is 1. The second-order valence-corrected chi connectivity index (χ2v) is 6.90. The molecule has 0 radical (unpaired) electrons. The number of rotatable bonds is 3. The van der Waals surface area contributed by atoms with E-state index in [-0.39, 0.29) is 28.4 Å². The third-order valence-electron chi connectivity index (χ3n) is 5.25. The average Bonchev–Trinajstić information content (AvgIpc) is 2.64. The van der Waals surface area contributed by atoms with Gasteiger partial charge in [-0.1, -0.05) is 12.1 Å². The fraction of sp³-hybridized carbons (Fsp3) is 0.238. The van der Waals surface area contributed by atoms with E-state index < -0.39 is 11.5 Å². The van der Waals surface area contributed by atoms with Crippen molar-refractivity contribution in [3.05, 3.63) is 85.2 Å². The molecule has 0 fully saturated rings. The standard InChI is InChI=1S/C21H22N2O5/c1-11-9-15(25)20(21(28)22(11)3)19(13-5-7-14(24)8-6-13)18-12(2)23(4)17(27)10-16(18)26/h5-10,19,24-26H,1-4H3. The minimum atomic E-state index is -0.841. The molecule has 7 heteroatoms. The number of hydrogen-bond acceptors (Lipinski definition) is 5. The first kappa shape index (κ1) is 19.3. The summed E-state index contributed by atoms with van der Waals surface area (Å²) >= 11 is 0. The van der Waals surface area contributed by atoms with Crippen LogP contribution in [0, 0.1) is 13.8 Å². The van der Waals surface area contributed by atoms with Crippen molar-refractivity contribution in [2.75, 3.05) is 0 Å². The van der Waals surface area contributed by atoms with Gasteiger partial charge >= 0.3 is 0 Å². The molecular weight excluding hydrogens is 360 g/mol. The first-order valence-electron chi connectivity index (χ1n) is 8.71. The summed E-state index contributed by atoms with van der Waals surface area (Å²) in [7, 11) is 3.17. The quantitative estimate of drug-likeness (QED) is 0.643. The summed E-state index contributed by atoms with van der Waals surface area (Å²) in [6.45, 7) is 3.37. The highest BCUT2D eigenvalue weighted by atomic mass is 16.3. The highest BCUT2D eigenvalue weighted by Gasteiger charge is 2.29. The van der Waals surface area contributed by atoms with Gasteiger partial charge in [-0.25, -0.2) is 0 Å². The Kier molecular flexibility index (Phi) is 4.77. The van der Waals surface area contributed by atoms with Crippen LogP contribution in [0.2, 0.25) is 0 Å². The third-order valence-corrected chi connectivity index (χ3v) is 5.25. The van der Waals surface area contributed by atoms with Gasteiger partial charge in [0.2, 0.25) is 0 Å². The minimum absolute atomic E-state index is 0.0462. The molecule has 1 unspecified atom stereocenters. The molecule has 1 atom stereocenters. The summed E-state index contributed by atoms with van der Waals surface area (Å²) in [6.07, 6.45) is 0. The molecule has 1 aromatic carbocycles. The monoisotopic (exact) mass is 382 g/mol. The van der Waals surface area contributed by atoms with E-state index in [2.05, 4.69) is 0 Å². The molecule has 0 aliphatic heterocycles. The van der Waals surface area contributed by atoms with E-state index >= 15 is 0 Å². The Balaban J connectivity index is 2.45. The maximum absolute atomic E-state index is 13.0. The molecule has 3 N–H and O–H groups in total. The van der Waals surface area contributed by atoms with Crippen LogP contribution < -0.4 is 11.1 Å². The molecule has 0 aliphatic carbocycles. The van der Waals surface area contributed by atoms with Crippen LogP contribution in [0.5, 0.6) is 17.2 Å². The lowest BCUT2D eigenvalue weighted by Crippen LogP contribution is -2.28. The van der Waals surface area contributed by atoms with Gasteiger partial charge in [-0.2, -0.15) is 0 Å². The first-order chi connectivity index (χ1) is 13.1. The van der Waals surface area contributed by atoms with Crippen molar-refractivity contribution in [3.63, 3.8) is 0 Å². The van der Waals surface area contributed by atoms with Gasteiger partial charge in [0.1, 0.15) is 17.2 Å². The highest BCUT2D eigenvalue weighted by molar-refractivity contribution is 5.54. The largest absolute Gasteiger partial charge is 0.508 e. The van der Waals surface area contributed by atoms with Crippen molar-refractivity contribution in [3.8, 4) is 17.2 Å². The molecule has 0 spiro atoms. The Morgan fingerprint density at radius 3 is 2.00 bits per heavy atom. The molecule has 2 heterocycles. The SMILES string of the molecule is Cc1c(C(c2ccc(O)cc2)c2c(O)cc(C)n(C)c2=O)c(O)cc(=O)n1C.